The van der Waals surface area contributed by atoms with Crippen molar-refractivity contribution in [1.82, 2.24) is 20.4 Å². The van der Waals surface area contributed by atoms with Crippen molar-refractivity contribution in [2.75, 3.05) is 0 Å². The molecule has 1 heterocycles. The van der Waals surface area contributed by atoms with Gasteiger partial charge in [0.05, 0.1) is 5.52 Å². The van der Waals surface area contributed by atoms with E-state index in [2.05, 4.69) is 39.0 Å². The SMILES string of the molecule is O=C(Cn1nnc2ccccc21)N/N=C1/CCc2ccccc2C1. The normalized spacial score (nSPS) is 15.4. The number of nitrogens with zero attached hydrogens (tertiary/aromatic N) is 4. The van der Waals surface area contributed by atoms with Crippen LogP contribution in [0.25, 0.3) is 11.0 Å². The predicted molar refractivity (Wildman–Crippen MR) is 91.6 cm³/mol. The Hall–Kier alpha value is -3.02. The van der Waals surface area contributed by atoms with E-state index in [9.17, 15) is 4.79 Å². The van der Waals surface area contributed by atoms with Gasteiger partial charge in [0.1, 0.15) is 12.1 Å². The Morgan fingerprint density at radius 1 is 1.08 bits per heavy atom. The first-order valence-electron chi connectivity index (χ1n) is 7.99. The van der Waals surface area contributed by atoms with Gasteiger partial charge in [0.15, 0.2) is 0 Å². The van der Waals surface area contributed by atoms with Crippen molar-refractivity contribution in [3.63, 3.8) is 0 Å². The van der Waals surface area contributed by atoms with Crippen LogP contribution < -0.4 is 5.43 Å². The number of aryl methyl sites for hydroxylation is 1. The first-order valence-corrected chi connectivity index (χ1v) is 7.99. The number of amides is 1. The highest BCUT2D eigenvalue weighted by Gasteiger charge is 2.14. The Labute approximate surface area is 139 Å². The third-order valence-corrected chi connectivity index (χ3v) is 4.25. The van der Waals surface area contributed by atoms with E-state index in [1.54, 1.807) is 4.68 Å². The number of carbonyl (C=O) groups excluding carboxylic acids is 1. The maximum atomic E-state index is 12.1. The van der Waals surface area contributed by atoms with Gasteiger partial charge in [0.2, 0.25) is 0 Å². The van der Waals surface area contributed by atoms with E-state index in [0.29, 0.717) is 0 Å². The van der Waals surface area contributed by atoms with Crippen LogP contribution in [0.15, 0.2) is 53.6 Å². The smallest absolute Gasteiger partial charge is 0.261 e. The van der Waals surface area contributed by atoms with Crippen molar-refractivity contribution >= 4 is 22.7 Å². The van der Waals surface area contributed by atoms with Crippen LogP contribution in [0, 0.1) is 0 Å². The fraction of sp³-hybridized carbons (Fsp3) is 0.222. The summed E-state index contributed by atoms with van der Waals surface area (Å²) >= 11 is 0. The van der Waals surface area contributed by atoms with Gasteiger partial charge in [0, 0.05) is 12.1 Å². The zero-order valence-corrected chi connectivity index (χ0v) is 13.1. The number of hydrogen-bond donors (Lipinski definition) is 1. The van der Waals surface area contributed by atoms with Crippen LogP contribution in [-0.2, 0) is 24.2 Å². The van der Waals surface area contributed by atoms with Gasteiger partial charge in [-0.2, -0.15) is 5.10 Å². The first-order chi connectivity index (χ1) is 11.8. The summed E-state index contributed by atoms with van der Waals surface area (Å²) in [4.78, 5) is 12.1. The van der Waals surface area contributed by atoms with Gasteiger partial charge in [-0.05, 0) is 36.1 Å². The summed E-state index contributed by atoms with van der Waals surface area (Å²) in [6.45, 7) is 0.105. The average Bonchev–Trinajstić information content (AvgIpc) is 3.03. The molecule has 6 heteroatoms. The monoisotopic (exact) mass is 319 g/mol. The molecular formula is C18H17N5O. The Morgan fingerprint density at radius 2 is 1.88 bits per heavy atom. The summed E-state index contributed by atoms with van der Waals surface area (Å²) in [6.07, 6.45) is 2.64. The van der Waals surface area contributed by atoms with Crippen molar-refractivity contribution in [3.8, 4) is 0 Å². The standard InChI is InChI=1S/C18H17N5O/c24-18(12-23-17-8-4-3-7-16(17)20-22-23)21-19-15-10-9-13-5-1-2-6-14(13)11-15/h1-8H,9-12H2,(H,21,24)/b19-15-. The van der Waals surface area contributed by atoms with Crippen LogP contribution in [0.5, 0.6) is 0 Å². The number of rotatable bonds is 3. The molecular weight excluding hydrogens is 302 g/mol. The van der Waals surface area contributed by atoms with Crippen LogP contribution in [0.2, 0.25) is 0 Å². The molecule has 1 aliphatic carbocycles. The number of fused-ring (bicyclic) bond motifs is 2. The lowest BCUT2D eigenvalue weighted by Crippen LogP contribution is -2.26. The highest BCUT2D eigenvalue weighted by Crippen LogP contribution is 2.19. The molecule has 0 saturated heterocycles. The molecule has 0 aliphatic heterocycles. The summed E-state index contributed by atoms with van der Waals surface area (Å²) in [5, 5.41) is 12.4. The number of carbonyl (C=O) groups is 1. The van der Waals surface area contributed by atoms with Crippen molar-refractivity contribution < 1.29 is 4.79 Å². The molecule has 0 bridgehead atoms. The molecule has 0 fully saturated rings. The third kappa shape index (κ3) is 2.90. The summed E-state index contributed by atoms with van der Waals surface area (Å²) in [5.41, 5.74) is 7.93. The van der Waals surface area contributed by atoms with Gasteiger partial charge in [-0.25, -0.2) is 10.1 Å². The van der Waals surface area contributed by atoms with E-state index in [4.69, 9.17) is 0 Å². The van der Waals surface area contributed by atoms with Gasteiger partial charge >= 0.3 is 0 Å². The van der Waals surface area contributed by atoms with E-state index in [0.717, 1.165) is 36.0 Å². The highest BCUT2D eigenvalue weighted by atomic mass is 16.2. The Kier molecular flexibility index (Phi) is 3.78. The van der Waals surface area contributed by atoms with Gasteiger partial charge in [-0.15, -0.1) is 5.10 Å². The summed E-state index contributed by atoms with van der Waals surface area (Å²) in [7, 11) is 0. The third-order valence-electron chi connectivity index (χ3n) is 4.25. The minimum absolute atomic E-state index is 0.105. The summed E-state index contributed by atoms with van der Waals surface area (Å²) < 4.78 is 1.58. The molecule has 1 amide bonds. The fourth-order valence-electron chi connectivity index (χ4n) is 3.00. The largest absolute Gasteiger partial charge is 0.271 e. The Morgan fingerprint density at radius 3 is 2.79 bits per heavy atom. The second-order valence-corrected chi connectivity index (χ2v) is 5.89. The minimum Gasteiger partial charge on any atom is -0.271 e. The molecule has 120 valence electrons. The van der Waals surface area contributed by atoms with Crippen LogP contribution in [-0.4, -0.2) is 26.6 Å². The predicted octanol–water partition coefficient (Wildman–Crippen LogP) is 2.09. The lowest BCUT2D eigenvalue weighted by molar-refractivity contribution is -0.121. The zero-order chi connectivity index (χ0) is 16.4. The first kappa shape index (κ1) is 14.6. The topological polar surface area (TPSA) is 72.2 Å². The molecule has 0 saturated carbocycles. The molecule has 6 nitrogen and oxygen atoms in total. The van der Waals surface area contributed by atoms with Gasteiger partial charge in [-0.3, -0.25) is 4.79 Å². The molecule has 0 unspecified atom stereocenters. The van der Waals surface area contributed by atoms with Gasteiger partial charge < -0.3 is 0 Å². The summed E-state index contributed by atoms with van der Waals surface area (Å²) in [5.74, 6) is -0.197. The van der Waals surface area contributed by atoms with E-state index in [-0.39, 0.29) is 12.5 Å². The molecule has 0 atom stereocenters. The lowest BCUT2D eigenvalue weighted by Gasteiger charge is -2.17. The molecule has 4 rings (SSSR count). The number of aromatic nitrogens is 3. The van der Waals surface area contributed by atoms with Crippen LogP contribution in [0.3, 0.4) is 0 Å². The van der Waals surface area contributed by atoms with Crippen molar-refractivity contribution in [1.29, 1.82) is 0 Å². The minimum atomic E-state index is -0.197. The molecule has 24 heavy (non-hydrogen) atoms. The zero-order valence-electron chi connectivity index (χ0n) is 13.1. The van der Waals surface area contributed by atoms with E-state index >= 15 is 0 Å². The summed E-state index contributed by atoms with van der Waals surface area (Å²) in [6, 6.07) is 15.9. The second-order valence-electron chi connectivity index (χ2n) is 5.89. The van der Waals surface area contributed by atoms with Gasteiger partial charge in [-0.1, -0.05) is 41.6 Å². The van der Waals surface area contributed by atoms with E-state index in [1.165, 1.54) is 11.1 Å². The number of benzene rings is 2. The van der Waals surface area contributed by atoms with E-state index in [1.807, 2.05) is 30.3 Å². The number of nitrogens with one attached hydrogen (secondary N) is 1. The van der Waals surface area contributed by atoms with Crippen LogP contribution in [0.1, 0.15) is 17.5 Å². The lowest BCUT2D eigenvalue weighted by atomic mass is 9.90. The fourth-order valence-corrected chi connectivity index (χ4v) is 3.00. The van der Waals surface area contributed by atoms with Crippen LogP contribution >= 0.6 is 0 Å². The number of hydrogen-bond acceptors (Lipinski definition) is 4. The number of para-hydroxylation sites is 1. The molecule has 1 aromatic heterocycles. The molecule has 3 aromatic rings. The van der Waals surface area contributed by atoms with Crippen molar-refractivity contribution in [2.45, 2.75) is 25.8 Å². The van der Waals surface area contributed by atoms with Gasteiger partial charge in [0.25, 0.3) is 5.91 Å². The molecule has 0 spiro atoms. The highest BCUT2D eigenvalue weighted by molar-refractivity contribution is 5.90. The van der Waals surface area contributed by atoms with Crippen LogP contribution in [0.4, 0.5) is 0 Å². The Bertz CT molecular complexity index is 928. The quantitative estimate of drug-likeness (QED) is 0.751. The van der Waals surface area contributed by atoms with Crippen molar-refractivity contribution in [3.05, 3.63) is 59.7 Å². The second kappa shape index (κ2) is 6.23. The number of hydrazone groups is 1. The molecule has 0 radical (unpaired) electrons. The maximum absolute atomic E-state index is 12.1. The molecule has 1 N–H and O–H groups in total. The van der Waals surface area contributed by atoms with Crippen molar-refractivity contribution in [2.24, 2.45) is 5.10 Å². The maximum Gasteiger partial charge on any atom is 0.261 e. The average molecular weight is 319 g/mol. The van der Waals surface area contributed by atoms with E-state index < -0.39 is 0 Å². The Balaban J connectivity index is 1.42. The molecule has 2 aromatic carbocycles. The molecule has 1 aliphatic rings.